The van der Waals surface area contributed by atoms with Crippen LogP contribution in [0.25, 0.3) is 0 Å². The van der Waals surface area contributed by atoms with Crippen molar-refractivity contribution in [2.75, 3.05) is 26.2 Å². The van der Waals surface area contributed by atoms with Crippen LogP contribution in [0.5, 0.6) is 5.75 Å². The Morgan fingerprint density at radius 1 is 0.862 bits per heavy atom. The predicted molar refractivity (Wildman–Crippen MR) is 125 cm³/mol. The van der Waals surface area contributed by atoms with E-state index < -0.39 is 0 Å². The van der Waals surface area contributed by atoms with Crippen molar-refractivity contribution in [3.63, 3.8) is 0 Å². The number of benzene rings is 2. The van der Waals surface area contributed by atoms with E-state index >= 15 is 0 Å². The lowest BCUT2D eigenvalue weighted by atomic mass is 9.80. The van der Waals surface area contributed by atoms with Crippen LogP contribution >= 0.6 is 24.8 Å². The molecule has 2 aromatic carbocycles. The van der Waals surface area contributed by atoms with Gasteiger partial charge in [0.15, 0.2) is 0 Å². The SMILES string of the molecule is Cl.Cl.c1ccc(COc2ccccc2[C@@H](C2CCCCC2)N2CCNCC2)cc1. The van der Waals surface area contributed by atoms with Crippen molar-refractivity contribution in [1.82, 2.24) is 10.2 Å². The second kappa shape index (κ2) is 12.4. The normalized spacial score (nSPS) is 18.9. The van der Waals surface area contributed by atoms with E-state index in [2.05, 4.69) is 64.8 Å². The number of piperazine rings is 1. The zero-order valence-corrected chi connectivity index (χ0v) is 18.7. The van der Waals surface area contributed by atoms with Gasteiger partial charge >= 0.3 is 0 Å². The number of rotatable bonds is 6. The topological polar surface area (TPSA) is 24.5 Å². The molecule has 0 amide bonds. The fraction of sp³-hybridized carbons (Fsp3) is 0.500. The minimum atomic E-state index is 0. The summed E-state index contributed by atoms with van der Waals surface area (Å²) in [6.07, 6.45) is 6.85. The first-order chi connectivity index (χ1) is 13.4. The summed E-state index contributed by atoms with van der Waals surface area (Å²) in [5.74, 6) is 1.81. The Bertz CT molecular complexity index is 683. The summed E-state index contributed by atoms with van der Waals surface area (Å²) in [6.45, 7) is 5.09. The molecule has 1 heterocycles. The summed E-state index contributed by atoms with van der Waals surface area (Å²) in [7, 11) is 0. The third-order valence-corrected chi connectivity index (χ3v) is 6.12. The minimum Gasteiger partial charge on any atom is -0.489 e. The molecule has 1 N–H and O–H groups in total. The quantitative estimate of drug-likeness (QED) is 0.634. The molecule has 3 nitrogen and oxygen atoms in total. The molecule has 2 fully saturated rings. The van der Waals surface area contributed by atoms with Gasteiger partial charge in [-0.15, -0.1) is 24.8 Å². The lowest BCUT2D eigenvalue weighted by Gasteiger charge is -2.41. The van der Waals surface area contributed by atoms with E-state index in [0.29, 0.717) is 12.6 Å². The summed E-state index contributed by atoms with van der Waals surface area (Å²) in [5, 5.41) is 3.51. The largest absolute Gasteiger partial charge is 0.489 e. The van der Waals surface area contributed by atoms with Crippen LogP contribution in [0.3, 0.4) is 0 Å². The molecule has 1 aliphatic heterocycles. The molecule has 160 valence electrons. The fourth-order valence-corrected chi connectivity index (χ4v) is 4.75. The molecule has 0 radical (unpaired) electrons. The van der Waals surface area contributed by atoms with Crippen LogP contribution in [0.15, 0.2) is 54.6 Å². The third kappa shape index (κ3) is 6.36. The van der Waals surface area contributed by atoms with Gasteiger partial charge in [0.2, 0.25) is 0 Å². The average molecular weight is 437 g/mol. The molecule has 0 spiro atoms. The molecule has 1 saturated heterocycles. The van der Waals surface area contributed by atoms with E-state index in [0.717, 1.165) is 37.8 Å². The van der Waals surface area contributed by atoms with E-state index in [4.69, 9.17) is 4.74 Å². The summed E-state index contributed by atoms with van der Waals surface area (Å²) < 4.78 is 6.34. The van der Waals surface area contributed by atoms with Crippen LogP contribution in [0.4, 0.5) is 0 Å². The lowest BCUT2D eigenvalue weighted by Crippen LogP contribution is -2.47. The Balaban J connectivity index is 0.00000150. The molecule has 0 bridgehead atoms. The molecule has 4 rings (SSSR count). The summed E-state index contributed by atoms with van der Waals surface area (Å²) in [5.41, 5.74) is 2.62. The first kappa shape index (κ1) is 24.0. The van der Waals surface area contributed by atoms with E-state index in [1.807, 2.05) is 0 Å². The third-order valence-electron chi connectivity index (χ3n) is 6.12. The van der Waals surface area contributed by atoms with Crippen LogP contribution in [-0.2, 0) is 6.61 Å². The number of hydrogen-bond donors (Lipinski definition) is 1. The van der Waals surface area contributed by atoms with Crippen molar-refractivity contribution in [2.24, 2.45) is 5.92 Å². The zero-order chi connectivity index (χ0) is 18.3. The first-order valence-corrected chi connectivity index (χ1v) is 10.6. The Morgan fingerprint density at radius 2 is 1.52 bits per heavy atom. The summed E-state index contributed by atoms with van der Waals surface area (Å²) in [6, 6.07) is 19.7. The lowest BCUT2D eigenvalue weighted by molar-refractivity contribution is 0.100. The van der Waals surface area contributed by atoms with Crippen molar-refractivity contribution >= 4 is 24.8 Å². The minimum absolute atomic E-state index is 0. The molecule has 1 aliphatic carbocycles. The van der Waals surface area contributed by atoms with Gasteiger partial charge in [-0.25, -0.2) is 0 Å². The molecule has 2 aromatic rings. The van der Waals surface area contributed by atoms with Crippen LogP contribution in [0, 0.1) is 5.92 Å². The number of ether oxygens (including phenoxy) is 1. The molecule has 1 saturated carbocycles. The Kier molecular flexibility index (Phi) is 10.3. The molecule has 1 atom stereocenters. The number of hydrogen-bond acceptors (Lipinski definition) is 3. The van der Waals surface area contributed by atoms with Gasteiger partial charge in [0, 0.05) is 37.8 Å². The Hall–Kier alpha value is -1.26. The van der Waals surface area contributed by atoms with Crippen molar-refractivity contribution in [2.45, 2.75) is 44.8 Å². The van der Waals surface area contributed by atoms with Crippen LogP contribution in [0.2, 0.25) is 0 Å². The highest BCUT2D eigenvalue weighted by molar-refractivity contribution is 5.85. The second-order valence-corrected chi connectivity index (χ2v) is 7.94. The maximum absolute atomic E-state index is 6.34. The fourth-order valence-electron chi connectivity index (χ4n) is 4.75. The monoisotopic (exact) mass is 436 g/mol. The Morgan fingerprint density at radius 3 is 2.24 bits per heavy atom. The molecule has 2 aliphatic rings. The maximum Gasteiger partial charge on any atom is 0.124 e. The van der Waals surface area contributed by atoms with Gasteiger partial charge in [-0.2, -0.15) is 0 Å². The average Bonchev–Trinajstić information content (AvgIpc) is 2.76. The summed E-state index contributed by atoms with van der Waals surface area (Å²) in [4.78, 5) is 2.71. The number of halogens is 2. The number of para-hydroxylation sites is 1. The molecular weight excluding hydrogens is 403 g/mol. The van der Waals surface area contributed by atoms with Gasteiger partial charge in [-0.3, -0.25) is 4.90 Å². The van der Waals surface area contributed by atoms with Crippen molar-refractivity contribution in [3.05, 3.63) is 65.7 Å². The summed E-state index contributed by atoms with van der Waals surface area (Å²) >= 11 is 0. The molecule has 0 unspecified atom stereocenters. The van der Waals surface area contributed by atoms with Gasteiger partial charge in [-0.1, -0.05) is 67.8 Å². The smallest absolute Gasteiger partial charge is 0.124 e. The number of nitrogens with zero attached hydrogens (tertiary/aromatic N) is 1. The van der Waals surface area contributed by atoms with Gasteiger partial charge in [0.05, 0.1) is 0 Å². The standard InChI is InChI=1S/C24H32N2O.2ClH/c1-3-9-20(10-4-1)19-27-23-14-8-7-13-22(23)24(21-11-5-2-6-12-21)26-17-15-25-16-18-26;;/h1,3-4,7-10,13-14,21,24-25H,2,5-6,11-12,15-19H2;2*1H/t24-;;/m1../s1. The highest BCUT2D eigenvalue weighted by Gasteiger charge is 2.32. The predicted octanol–water partition coefficient (Wildman–Crippen LogP) is 5.64. The van der Waals surface area contributed by atoms with Crippen molar-refractivity contribution < 1.29 is 4.74 Å². The van der Waals surface area contributed by atoms with Crippen molar-refractivity contribution in [3.8, 4) is 5.75 Å². The van der Waals surface area contributed by atoms with Gasteiger partial charge in [0.25, 0.3) is 0 Å². The second-order valence-electron chi connectivity index (χ2n) is 7.94. The van der Waals surface area contributed by atoms with Gasteiger partial charge < -0.3 is 10.1 Å². The zero-order valence-electron chi connectivity index (χ0n) is 17.1. The molecular formula is C24H34Cl2N2O. The van der Waals surface area contributed by atoms with Gasteiger partial charge in [-0.05, 0) is 30.4 Å². The first-order valence-electron chi connectivity index (χ1n) is 10.6. The Labute approximate surface area is 188 Å². The highest BCUT2D eigenvalue weighted by Crippen LogP contribution is 2.41. The molecule has 5 heteroatoms. The van der Waals surface area contributed by atoms with Crippen LogP contribution in [0.1, 0.15) is 49.3 Å². The van der Waals surface area contributed by atoms with E-state index in [-0.39, 0.29) is 24.8 Å². The van der Waals surface area contributed by atoms with E-state index in [1.165, 1.54) is 43.2 Å². The van der Waals surface area contributed by atoms with Crippen LogP contribution < -0.4 is 10.1 Å². The molecule has 29 heavy (non-hydrogen) atoms. The van der Waals surface area contributed by atoms with Crippen molar-refractivity contribution in [1.29, 1.82) is 0 Å². The van der Waals surface area contributed by atoms with Gasteiger partial charge in [0.1, 0.15) is 12.4 Å². The van der Waals surface area contributed by atoms with Crippen LogP contribution in [-0.4, -0.2) is 31.1 Å². The van der Waals surface area contributed by atoms with E-state index in [9.17, 15) is 0 Å². The highest BCUT2D eigenvalue weighted by atomic mass is 35.5. The maximum atomic E-state index is 6.34. The molecule has 0 aromatic heterocycles. The number of nitrogens with one attached hydrogen (secondary N) is 1. The van der Waals surface area contributed by atoms with E-state index in [1.54, 1.807) is 0 Å².